The van der Waals surface area contributed by atoms with Crippen LogP contribution in [0.4, 0.5) is 5.69 Å². The van der Waals surface area contributed by atoms with E-state index in [0.717, 1.165) is 27.7 Å². The van der Waals surface area contributed by atoms with Crippen LogP contribution in [0.25, 0.3) is 10.8 Å². The average molecular weight is 264 g/mol. The number of phenolic OH excluding ortho intramolecular Hbond substituents is 1. The first-order chi connectivity index (χ1) is 9.74. The molecule has 0 aliphatic heterocycles. The van der Waals surface area contributed by atoms with Gasteiger partial charge in [0.15, 0.2) is 0 Å². The molecule has 1 heterocycles. The largest absolute Gasteiger partial charge is 0.508 e. The first kappa shape index (κ1) is 12.5. The highest BCUT2D eigenvalue weighted by atomic mass is 16.3. The molecule has 3 aromatic rings. The van der Waals surface area contributed by atoms with E-state index >= 15 is 0 Å². The molecule has 20 heavy (non-hydrogen) atoms. The molecule has 0 amide bonds. The highest BCUT2D eigenvalue weighted by Gasteiger charge is 2.06. The molecule has 0 atom stereocenters. The minimum atomic E-state index is 0.316. The van der Waals surface area contributed by atoms with Crippen molar-refractivity contribution in [2.45, 2.75) is 13.5 Å². The number of nitrogens with one attached hydrogen (secondary N) is 1. The Kier molecular flexibility index (Phi) is 3.25. The molecule has 0 saturated heterocycles. The van der Waals surface area contributed by atoms with Crippen molar-refractivity contribution in [2.24, 2.45) is 0 Å². The molecule has 0 unspecified atom stereocenters. The molecule has 0 fully saturated rings. The van der Waals surface area contributed by atoms with Crippen LogP contribution in [-0.2, 0) is 6.54 Å². The van der Waals surface area contributed by atoms with Crippen LogP contribution in [-0.4, -0.2) is 10.1 Å². The van der Waals surface area contributed by atoms with Crippen molar-refractivity contribution < 1.29 is 5.11 Å². The van der Waals surface area contributed by atoms with Gasteiger partial charge in [-0.2, -0.15) is 0 Å². The molecule has 0 saturated carbocycles. The summed E-state index contributed by atoms with van der Waals surface area (Å²) in [6.45, 7) is 2.53. The van der Waals surface area contributed by atoms with Crippen molar-refractivity contribution >= 4 is 16.5 Å². The zero-order valence-electron chi connectivity index (χ0n) is 11.3. The van der Waals surface area contributed by atoms with Crippen LogP contribution >= 0.6 is 0 Å². The number of nitrogens with zero attached hydrogens (tertiary/aromatic N) is 1. The Morgan fingerprint density at radius 3 is 2.70 bits per heavy atom. The summed E-state index contributed by atoms with van der Waals surface area (Å²) in [5.74, 6) is 0.316. The maximum Gasteiger partial charge on any atom is 0.121 e. The molecule has 1 aromatic heterocycles. The topological polar surface area (TPSA) is 45.1 Å². The molecule has 2 N–H and O–H groups in total. The van der Waals surface area contributed by atoms with Gasteiger partial charge in [-0.15, -0.1) is 0 Å². The van der Waals surface area contributed by atoms with Gasteiger partial charge in [-0.05, 0) is 35.9 Å². The zero-order valence-corrected chi connectivity index (χ0v) is 11.3. The van der Waals surface area contributed by atoms with Crippen molar-refractivity contribution in [2.75, 3.05) is 5.32 Å². The summed E-state index contributed by atoms with van der Waals surface area (Å²) < 4.78 is 0. The van der Waals surface area contributed by atoms with Gasteiger partial charge in [-0.3, -0.25) is 4.98 Å². The number of aryl methyl sites for hydroxylation is 1. The molecular weight excluding hydrogens is 248 g/mol. The summed E-state index contributed by atoms with van der Waals surface area (Å²) in [5, 5.41) is 15.6. The lowest BCUT2D eigenvalue weighted by Gasteiger charge is -2.11. The van der Waals surface area contributed by atoms with Crippen molar-refractivity contribution in [1.29, 1.82) is 0 Å². The average Bonchev–Trinajstić information content (AvgIpc) is 2.48. The van der Waals surface area contributed by atoms with E-state index in [2.05, 4.69) is 10.3 Å². The van der Waals surface area contributed by atoms with Gasteiger partial charge in [0.05, 0.1) is 11.9 Å². The van der Waals surface area contributed by atoms with Gasteiger partial charge in [0, 0.05) is 17.8 Å². The van der Waals surface area contributed by atoms with Crippen LogP contribution < -0.4 is 5.32 Å². The molecule has 3 rings (SSSR count). The number of hydrogen-bond acceptors (Lipinski definition) is 3. The minimum Gasteiger partial charge on any atom is -0.508 e. The summed E-state index contributed by atoms with van der Waals surface area (Å²) >= 11 is 0. The van der Waals surface area contributed by atoms with Crippen molar-refractivity contribution in [3.8, 4) is 5.75 Å². The smallest absolute Gasteiger partial charge is 0.121 e. The second-order valence-electron chi connectivity index (χ2n) is 4.83. The lowest BCUT2D eigenvalue weighted by atomic mass is 10.0. The van der Waals surface area contributed by atoms with Crippen LogP contribution in [0.15, 0.2) is 54.7 Å². The Morgan fingerprint density at radius 2 is 1.90 bits per heavy atom. The molecule has 3 heteroatoms. The predicted molar refractivity (Wildman–Crippen MR) is 81.9 cm³/mol. The lowest BCUT2D eigenvalue weighted by Crippen LogP contribution is -2.01. The number of anilines is 1. The number of hydrogen-bond donors (Lipinski definition) is 2. The van der Waals surface area contributed by atoms with Gasteiger partial charge in [0.2, 0.25) is 0 Å². The summed E-state index contributed by atoms with van der Waals surface area (Å²) in [5.41, 5.74) is 2.84. The molecule has 0 bridgehead atoms. The van der Waals surface area contributed by atoms with Gasteiger partial charge >= 0.3 is 0 Å². The van der Waals surface area contributed by atoms with E-state index in [4.69, 9.17) is 0 Å². The fraction of sp³-hybridized carbons (Fsp3) is 0.118. The van der Waals surface area contributed by atoms with Crippen LogP contribution in [0, 0.1) is 6.92 Å². The summed E-state index contributed by atoms with van der Waals surface area (Å²) in [6, 6.07) is 15.7. The normalized spacial score (nSPS) is 10.7. The number of fused-ring (bicyclic) bond motifs is 1. The SMILES string of the molecule is Cc1ccc(NCc2c(O)ccc3ccccc23)cn1. The van der Waals surface area contributed by atoms with Gasteiger partial charge in [-0.25, -0.2) is 0 Å². The summed E-state index contributed by atoms with van der Waals surface area (Å²) in [7, 11) is 0. The maximum absolute atomic E-state index is 10.1. The quantitative estimate of drug-likeness (QED) is 0.755. The zero-order chi connectivity index (χ0) is 13.9. The Labute approximate surface area is 117 Å². The fourth-order valence-corrected chi connectivity index (χ4v) is 2.27. The number of phenols is 1. The summed E-state index contributed by atoms with van der Waals surface area (Å²) in [4.78, 5) is 4.25. The van der Waals surface area contributed by atoms with Gasteiger partial charge in [0.1, 0.15) is 5.75 Å². The molecule has 0 radical (unpaired) electrons. The number of pyridine rings is 1. The Bertz CT molecular complexity index is 736. The Morgan fingerprint density at radius 1 is 1.05 bits per heavy atom. The van der Waals surface area contributed by atoms with E-state index < -0.39 is 0 Å². The second-order valence-corrected chi connectivity index (χ2v) is 4.83. The third-order valence-corrected chi connectivity index (χ3v) is 3.40. The Hall–Kier alpha value is -2.55. The van der Waals surface area contributed by atoms with Crippen LogP contribution in [0.1, 0.15) is 11.3 Å². The van der Waals surface area contributed by atoms with E-state index in [1.807, 2.05) is 49.4 Å². The van der Waals surface area contributed by atoms with E-state index in [9.17, 15) is 5.11 Å². The maximum atomic E-state index is 10.1. The van der Waals surface area contributed by atoms with Crippen molar-refractivity contribution in [3.05, 3.63) is 66.0 Å². The highest BCUT2D eigenvalue weighted by molar-refractivity contribution is 5.87. The molecule has 0 spiro atoms. The fourth-order valence-electron chi connectivity index (χ4n) is 2.27. The molecule has 0 aliphatic rings. The predicted octanol–water partition coefficient (Wildman–Crippen LogP) is 3.86. The number of aromatic nitrogens is 1. The lowest BCUT2D eigenvalue weighted by molar-refractivity contribution is 0.470. The third-order valence-electron chi connectivity index (χ3n) is 3.40. The van der Waals surface area contributed by atoms with E-state index in [1.165, 1.54) is 0 Å². The van der Waals surface area contributed by atoms with E-state index in [-0.39, 0.29) is 0 Å². The molecule has 0 aliphatic carbocycles. The molecular formula is C17H16N2O. The van der Waals surface area contributed by atoms with E-state index in [0.29, 0.717) is 12.3 Å². The van der Waals surface area contributed by atoms with Gasteiger partial charge in [0.25, 0.3) is 0 Å². The highest BCUT2D eigenvalue weighted by Crippen LogP contribution is 2.27. The Balaban J connectivity index is 1.90. The number of rotatable bonds is 3. The number of benzene rings is 2. The number of aromatic hydroxyl groups is 1. The summed E-state index contributed by atoms with van der Waals surface area (Å²) in [6.07, 6.45) is 1.80. The van der Waals surface area contributed by atoms with E-state index in [1.54, 1.807) is 12.3 Å². The van der Waals surface area contributed by atoms with Crippen molar-refractivity contribution in [3.63, 3.8) is 0 Å². The second kappa shape index (κ2) is 5.21. The standard InChI is InChI=1S/C17H16N2O/c1-12-6-8-14(10-18-12)19-11-16-15-5-3-2-4-13(15)7-9-17(16)20/h2-10,19-20H,11H2,1H3. The third kappa shape index (κ3) is 2.43. The first-order valence-electron chi connectivity index (χ1n) is 6.60. The first-order valence-corrected chi connectivity index (χ1v) is 6.60. The van der Waals surface area contributed by atoms with Crippen LogP contribution in [0.5, 0.6) is 5.75 Å². The van der Waals surface area contributed by atoms with Gasteiger partial charge in [-0.1, -0.05) is 30.3 Å². The molecule has 3 nitrogen and oxygen atoms in total. The monoisotopic (exact) mass is 264 g/mol. The van der Waals surface area contributed by atoms with Crippen molar-refractivity contribution in [1.82, 2.24) is 4.98 Å². The minimum absolute atomic E-state index is 0.316. The van der Waals surface area contributed by atoms with Crippen LogP contribution in [0.2, 0.25) is 0 Å². The molecule has 2 aromatic carbocycles. The van der Waals surface area contributed by atoms with Crippen LogP contribution in [0.3, 0.4) is 0 Å². The van der Waals surface area contributed by atoms with Gasteiger partial charge < -0.3 is 10.4 Å². The molecule has 100 valence electrons.